The molecule has 1 aromatic heterocycles. The molecule has 0 saturated carbocycles. The van der Waals surface area contributed by atoms with Gasteiger partial charge in [-0.2, -0.15) is 0 Å². The number of nitrogens with one attached hydrogen (secondary N) is 1. The molecule has 0 spiro atoms. The summed E-state index contributed by atoms with van der Waals surface area (Å²) < 4.78 is 39.1. The van der Waals surface area contributed by atoms with Gasteiger partial charge in [-0.25, -0.2) is 22.8 Å². The molecular weight excluding hydrogens is 405 g/mol. The maximum atomic E-state index is 13.7. The molecule has 0 unspecified atom stereocenters. The highest BCUT2D eigenvalue weighted by molar-refractivity contribution is 7.90. The number of benzene rings is 2. The monoisotopic (exact) mass is 419 g/mol. The van der Waals surface area contributed by atoms with E-state index in [4.69, 9.17) is 11.6 Å². The van der Waals surface area contributed by atoms with Crippen LogP contribution < -0.4 is 5.32 Å². The molecule has 144 valence electrons. The first-order valence-corrected chi connectivity index (χ1v) is 10.2. The number of halogens is 2. The summed E-state index contributed by atoms with van der Waals surface area (Å²) in [6.07, 6.45) is 1.04. The van der Waals surface area contributed by atoms with Gasteiger partial charge in [0, 0.05) is 0 Å². The second kappa shape index (κ2) is 8.04. The SMILES string of the molecule is Cc1ccccc1CS(=O)(=O)c1ncc(Cl)c(C(=O)Nc2ccccc2F)n1. The molecule has 0 aliphatic rings. The average Bonchev–Trinajstić information content (AvgIpc) is 2.65. The van der Waals surface area contributed by atoms with Gasteiger partial charge in [-0.3, -0.25) is 4.79 Å². The number of sulfone groups is 1. The highest BCUT2D eigenvalue weighted by atomic mass is 35.5. The zero-order chi connectivity index (χ0) is 20.3. The van der Waals surface area contributed by atoms with Crippen molar-refractivity contribution in [2.24, 2.45) is 0 Å². The van der Waals surface area contributed by atoms with Crippen molar-refractivity contribution >= 4 is 33.0 Å². The van der Waals surface area contributed by atoms with E-state index in [-0.39, 0.29) is 22.2 Å². The van der Waals surface area contributed by atoms with E-state index in [1.165, 1.54) is 18.2 Å². The van der Waals surface area contributed by atoms with Crippen molar-refractivity contribution in [1.29, 1.82) is 0 Å². The number of hydrogen-bond acceptors (Lipinski definition) is 5. The van der Waals surface area contributed by atoms with Crippen LogP contribution in [0.2, 0.25) is 5.02 Å². The molecule has 0 bridgehead atoms. The Hall–Kier alpha value is -2.84. The lowest BCUT2D eigenvalue weighted by atomic mass is 10.1. The number of anilines is 1. The Morgan fingerprint density at radius 1 is 1.14 bits per heavy atom. The smallest absolute Gasteiger partial charge is 0.276 e. The molecular formula is C19H15ClFN3O3S. The lowest BCUT2D eigenvalue weighted by molar-refractivity contribution is 0.102. The van der Waals surface area contributed by atoms with Crippen LogP contribution in [0.5, 0.6) is 0 Å². The van der Waals surface area contributed by atoms with Gasteiger partial charge >= 0.3 is 0 Å². The molecule has 3 aromatic rings. The Morgan fingerprint density at radius 2 is 1.82 bits per heavy atom. The lowest BCUT2D eigenvalue weighted by Crippen LogP contribution is -2.18. The van der Waals surface area contributed by atoms with Crippen LogP contribution in [0.25, 0.3) is 0 Å². The fourth-order valence-corrected chi connectivity index (χ4v) is 3.93. The van der Waals surface area contributed by atoms with Crippen LogP contribution >= 0.6 is 11.6 Å². The predicted molar refractivity (Wildman–Crippen MR) is 103 cm³/mol. The van der Waals surface area contributed by atoms with Crippen LogP contribution in [-0.2, 0) is 15.6 Å². The summed E-state index contributed by atoms with van der Waals surface area (Å²) in [5, 5.41) is 1.64. The van der Waals surface area contributed by atoms with Gasteiger partial charge < -0.3 is 5.32 Å². The molecule has 0 aliphatic carbocycles. The minimum atomic E-state index is -3.92. The van der Waals surface area contributed by atoms with Crippen molar-refractivity contribution in [3.8, 4) is 0 Å². The quantitative estimate of drug-likeness (QED) is 0.635. The molecule has 1 heterocycles. The largest absolute Gasteiger partial charge is 0.318 e. The molecule has 0 fully saturated rings. The third kappa shape index (κ3) is 4.35. The van der Waals surface area contributed by atoms with Crippen molar-refractivity contribution in [2.45, 2.75) is 17.8 Å². The van der Waals surface area contributed by atoms with E-state index in [1.54, 1.807) is 37.3 Å². The third-order valence-electron chi connectivity index (χ3n) is 3.94. The van der Waals surface area contributed by atoms with E-state index >= 15 is 0 Å². The first-order chi connectivity index (χ1) is 13.3. The Morgan fingerprint density at radius 3 is 2.54 bits per heavy atom. The highest BCUT2D eigenvalue weighted by Gasteiger charge is 2.24. The number of amides is 1. The van der Waals surface area contributed by atoms with Gasteiger partial charge in [0.05, 0.1) is 22.7 Å². The maximum absolute atomic E-state index is 13.7. The third-order valence-corrected chi connectivity index (χ3v) is 5.66. The van der Waals surface area contributed by atoms with Crippen LogP contribution in [0.3, 0.4) is 0 Å². The number of carbonyl (C=O) groups excluding carboxylic acids is 1. The van der Waals surface area contributed by atoms with E-state index in [0.29, 0.717) is 5.56 Å². The van der Waals surface area contributed by atoms with Crippen molar-refractivity contribution in [3.63, 3.8) is 0 Å². The lowest BCUT2D eigenvalue weighted by Gasteiger charge is -2.09. The van der Waals surface area contributed by atoms with Gasteiger partial charge in [-0.15, -0.1) is 0 Å². The minimum Gasteiger partial charge on any atom is -0.318 e. The van der Waals surface area contributed by atoms with Crippen molar-refractivity contribution in [2.75, 3.05) is 5.32 Å². The van der Waals surface area contributed by atoms with Crippen LogP contribution in [0.1, 0.15) is 21.6 Å². The molecule has 1 amide bonds. The number of hydrogen-bond donors (Lipinski definition) is 1. The summed E-state index contributed by atoms with van der Waals surface area (Å²) in [5.41, 5.74) is 0.964. The van der Waals surface area contributed by atoms with Crippen LogP contribution in [0.4, 0.5) is 10.1 Å². The van der Waals surface area contributed by atoms with Crippen molar-refractivity contribution in [3.05, 3.63) is 82.4 Å². The second-order valence-electron chi connectivity index (χ2n) is 5.97. The zero-order valence-corrected chi connectivity index (χ0v) is 16.3. The molecule has 3 rings (SSSR count). The molecule has 9 heteroatoms. The fourth-order valence-electron chi connectivity index (χ4n) is 2.45. The molecule has 28 heavy (non-hydrogen) atoms. The number of carbonyl (C=O) groups is 1. The predicted octanol–water partition coefficient (Wildman–Crippen LogP) is 3.80. The van der Waals surface area contributed by atoms with Crippen LogP contribution in [-0.4, -0.2) is 24.3 Å². The van der Waals surface area contributed by atoms with Crippen LogP contribution in [0, 0.1) is 12.7 Å². The Kier molecular flexibility index (Phi) is 5.71. The second-order valence-corrected chi connectivity index (χ2v) is 8.26. The van der Waals surface area contributed by atoms with Gasteiger partial charge in [0.1, 0.15) is 5.82 Å². The molecule has 0 aliphatic heterocycles. The Balaban J connectivity index is 1.91. The number of aromatic nitrogens is 2. The first-order valence-electron chi connectivity index (χ1n) is 8.13. The van der Waals surface area contributed by atoms with Crippen molar-refractivity contribution < 1.29 is 17.6 Å². The average molecular weight is 420 g/mol. The standard InChI is InChI=1S/C19H15ClFN3O3S/c1-12-6-2-3-7-13(12)11-28(26,27)19-22-10-14(20)17(24-19)18(25)23-16-9-5-4-8-15(16)21/h2-10H,11H2,1H3,(H,23,25). The van der Waals surface area contributed by atoms with Gasteiger partial charge in [-0.05, 0) is 30.2 Å². The molecule has 1 N–H and O–H groups in total. The normalized spacial score (nSPS) is 11.2. The number of para-hydroxylation sites is 1. The topological polar surface area (TPSA) is 89.0 Å². The molecule has 0 saturated heterocycles. The van der Waals surface area contributed by atoms with E-state index in [1.807, 2.05) is 0 Å². The maximum Gasteiger partial charge on any atom is 0.276 e. The first kappa shape index (κ1) is 19.9. The summed E-state index contributed by atoms with van der Waals surface area (Å²) >= 11 is 5.96. The fraction of sp³-hybridized carbons (Fsp3) is 0.105. The van der Waals surface area contributed by atoms with E-state index < -0.39 is 26.7 Å². The number of rotatable bonds is 5. The Bertz CT molecular complexity index is 1150. The van der Waals surface area contributed by atoms with Gasteiger partial charge in [0.15, 0.2) is 5.69 Å². The van der Waals surface area contributed by atoms with E-state index in [9.17, 15) is 17.6 Å². The molecule has 0 atom stereocenters. The van der Waals surface area contributed by atoms with Gasteiger partial charge in [-0.1, -0.05) is 48.0 Å². The minimum absolute atomic E-state index is 0.0773. The summed E-state index contributed by atoms with van der Waals surface area (Å²) in [4.78, 5) is 20.0. The highest BCUT2D eigenvalue weighted by Crippen LogP contribution is 2.21. The molecule has 0 radical (unpaired) electrons. The van der Waals surface area contributed by atoms with E-state index in [2.05, 4.69) is 15.3 Å². The molecule has 2 aromatic carbocycles. The number of aryl methyl sites for hydroxylation is 1. The Labute approximate surface area is 166 Å². The van der Waals surface area contributed by atoms with Gasteiger partial charge in [0.25, 0.3) is 5.91 Å². The summed E-state index contributed by atoms with van der Waals surface area (Å²) in [7, 11) is -3.92. The summed E-state index contributed by atoms with van der Waals surface area (Å²) in [6, 6.07) is 12.6. The summed E-state index contributed by atoms with van der Waals surface area (Å²) in [6.45, 7) is 1.79. The van der Waals surface area contributed by atoms with Crippen LogP contribution in [0.15, 0.2) is 59.9 Å². The van der Waals surface area contributed by atoms with Crippen molar-refractivity contribution in [1.82, 2.24) is 9.97 Å². The molecule has 6 nitrogen and oxygen atoms in total. The van der Waals surface area contributed by atoms with Gasteiger partial charge in [0.2, 0.25) is 15.0 Å². The van der Waals surface area contributed by atoms with E-state index in [0.717, 1.165) is 11.8 Å². The summed E-state index contributed by atoms with van der Waals surface area (Å²) in [5.74, 6) is -1.81. The number of nitrogens with zero attached hydrogens (tertiary/aromatic N) is 2. The zero-order valence-electron chi connectivity index (χ0n) is 14.7.